The highest BCUT2D eigenvalue weighted by atomic mass is 16.4. The topological polar surface area (TPSA) is 120 Å². The molecule has 0 spiro atoms. The Kier molecular flexibility index (Phi) is 15.0. The van der Waals surface area contributed by atoms with Crippen LogP contribution in [0.15, 0.2) is 170 Å². The highest BCUT2D eigenvalue weighted by Gasteiger charge is 2.36. The summed E-state index contributed by atoms with van der Waals surface area (Å²) in [6.07, 6.45) is 5.64. The fraction of sp³-hybridized carbons (Fsp3) is 0.240. The van der Waals surface area contributed by atoms with Crippen molar-refractivity contribution in [2.45, 2.75) is 68.9 Å². The van der Waals surface area contributed by atoms with Crippen LogP contribution in [0.1, 0.15) is 79.7 Å². The second-order valence-corrected chi connectivity index (χ2v) is 14.6. The number of carbonyl (C=O) groups is 3. The van der Waals surface area contributed by atoms with Gasteiger partial charge < -0.3 is 21.1 Å². The summed E-state index contributed by atoms with van der Waals surface area (Å²) in [6.45, 7) is 0.667. The normalized spacial score (nSPS) is 12.2. The molecule has 0 aliphatic carbocycles. The zero-order valence-electron chi connectivity index (χ0n) is 32.8. The van der Waals surface area contributed by atoms with Crippen molar-refractivity contribution in [3.05, 3.63) is 192 Å². The lowest BCUT2D eigenvalue weighted by atomic mass is 9.66. The van der Waals surface area contributed by atoms with Gasteiger partial charge in [-0.3, -0.25) is 14.4 Å². The Bertz CT molecular complexity index is 2050. The van der Waals surface area contributed by atoms with Crippen LogP contribution < -0.4 is 16.0 Å². The van der Waals surface area contributed by atoms with Gasteiger partial charge in [-0.05, 0) is 71.2 Å². The molecule has 1 unspecified atom stereocenters. The highest BCUT2D eigenvalue weighted by molar-refractivity contribution is 5.88. The van der Waals surface area contributed by atoms with Crippen LogP contribution in [0.5, 0.6) is 0 Å². The third-order valence-electron chi connectivity index (χ3n) is 10.7. The molecule has 2 amide bonds. The summed E-state index contributed by atoms with van der Waals surface area (Å²) in [5.41, 5.74) is 5.82. The van der Waals surface area contributed by atoms with Crippen molar-refractivity contribution in [2.75, 3.05) is 11.9 Å². The predicted octanol–water partition coefficient (Wildman–Crippen LogP) is 9.74. The predicted molar refractivity (Wildman–Crippen MR) is 231 cm³/mol. The van der Waals surface area contributed by atoms with E-state index in [0.29, 0.717) is 31.4 Å². The van der Waals surface area contributed by atoms with E-state index in [0.717, 1.165) is 36.2 Å². The molecule has 0 aliphatic rings. The van der Waals surface area contributed by atoms with E-state index >= 15 is 0 Å². The average molecular weight is 773 g/mol. The maximum Gasteiger partial charge on any atom is 0.305 e. The molecular formula is C50H52N4O4. The smallest absolute Gasteiger partial charge is 0.305 e. The van der Waals surface area contributed by atoms with Crippen molar-refractivity contribution < 1.29 is 19.5 Å². The van der Waals surface area contributed by atoms with E-state index < -0.39 is 29.4 Å². The lowest BCUT2D eigenvalue weighted by Gasteiger charge is -2.36. The molecule has 5 aromatic carbocycles. The lowest BCUT2D eigenvalue weighted by molar-refractivity contribution is -0.138. The number of benzene rings is 5. The zero-order valence-corrected chi connectivity index (χ0v) is 32.8. The number of carbonyl (C=O) groups excluding carboxylic acids is 2. The van der Waals surface area contributed by atoms with Crippen molar-refractivity contribution in [1.29, 1.82) is 0 Å². The van der Waals surface area contributed by atoms with E-state index in [1.807, 2.05) is 91.0 Å². The number of hydrogen-bond acceptors (Lipinski definition) is 5. The molecule has 0 saturated carbocycles. The number of unbranched alkanes of at least 4 members (excludes halogenated alkanes) is 2. The second-order valence-electron chi connectivity index (χ2n) is 14.6. The van der Waals surface area contributed by atoms with E-state index in [9.17, 15) is 19.5 Å². The first-order valence-corrected chi connectivity index (χ1v) is 20.2. The van der Waals surface area contributed by atoms with Gasteiger partial charge in [0.05, 0.1) is 12.5 Å². The molecule has 4 N–H and O–H groups in total. The summed E-state index contributed by atoms with van der Waals surface area (Å²) in [5.74, 6) is -0.863. The summed E-state index contributed by atoms with van der Waals surface area (Å²) in [7, 11) is 0. The Hall–Kier alpha value is -6.54. The van der Waals surface area contributed by atoms with Gasteiger partial charge in [-0.15, -0.1) is 0 Å². The average Bonchev–Trinajstić information content (AvgIpc) is 3.27. The summed E-state index contributed by atoms with van der Waals surface area (Å²) in [4.78, 5) is 44.0. The van der Waals surface area contributed by atoms with Crippen LogP contribution in [-0.2, 0) is 19.8 Å². The molecule has 0 saturated heterocycles. The van der Waals surface area contributed by atoms with Crippen LogP contribution in [0.4, 0.5) is 5.82 Å². The first-order chi connectivity index (χ1) is 28.4. The summed E-state index contributed by atoms with van der Waals surface area (Å²) >= 11 is 0. The monoisotopic (exact) mass is 772 g/mol. The van der Waals surface area contributed by atoms with Crippen LogP contribution in [-0.4, -0.2) is 40.5 Å². The largest absolute Gasteiger partial charge is 0.481 e. The molecule has 6 aromatic rings. The fourth-order valence-electron chi connectivity index (χ4n) is 7.71. The standard InChI is InChI=1S/C50H52N4O4/c55-47(29-15-18-36-52-46-28-14-17-35-51-46)53-44(49(58)54-45(37-48(56)57)40-32-30-39(31-33-40)38-19-5-1-6-20-38)27-13-16-34-50(41-21-7-2-8-22-41,42-23-9-3-10-24-42)43-25-11-4-12-26-43/h1-12,14,17,19-26,28,30-33,35,44-45H,13,15-16,18,27,29,34,36-37H2,(H,51,52)(H,53,55)(H,54,58)(H,56,57)/t44-,45?/m0/s1. The maximum absolute atomic E-state index is 14.2. The summed E-state index contributed by atoms with van der Waals surface area (Å²) < 4.78 is 0. The Labute approximate surface area is 341 Å². The Balaban J connectivity index is 1.18. The molecular weight excluding hydrogens is 721 g/mol. The van der Waals surface area contributed by atoms with Gasteiger partial charge in [0.2, 0.25) is 11.8 Å². The number of amides is 2. The molecule has 296 valence electrons. The molecule has 0 fully saturated rings. The van der Waals surface area contributed by atoms with Gasteiger partial charge in [-0.25, -0.2) is 4.98 Å². The maximum atomic E-state index is 14.2. The first kappa shape index (κ1) is 41.1. The van der Waals surface area contributed by atoms with Crippen molar-refractivity contribution >= 4 is 23.6 Å². The molecule has 8 heteroatoms. The van der Waals surface area contributed by atoms with Crippen LogP contribution >= 0.6 is 0 Å². The van der Waals surface area contributed by atoms with Crippen molar-refractivity contribution in [1.82, 2.24) is 15.6 Å². The Morgan fingerprint density at radius 3 is 1.69 bits per heavy atom. The fourth-order valence-corrected chi connectivity index (χ4v) is 7.71. The molecule has 8 nitrogen and oxygen atoms in total. The number of carboxylic acids is 1. The molecule has 0 radical (unpaired) electrons. The number of pyridine rings is 1. The van der Waals surface area contributed by atoms with E-state index in [-0.39, 0.29) is 18.7 Å². The van der Waals surface area contributed by atoms with Gasteiger partial charge in [0.25, 0.3) is 0 Å². The van der Waals surface area contributed by atoms with Crippen LogP contribution in [0, 0.1) is 0 Å². The molecule has 2 atom stereocenters. The minimum absolute atomic E-state index is 0.216. The Morgan fingerprint density at radius 1 is 0.586 bits per heavy atom. The van der Waals surface area contributed by atoms with E-state index in [2.05, 4.69) is 93.7 Å². The number of rotatable bonds is 21. The van der Waals surface area contributed by atoms with Gasteiger partial charge in [0, 0.05) is 24.6 Å². The molecule has 1 aromatic heterocycles. The first-order valence-electron chi connectivity index (χ1n) is 20.2. The summed E-state index contributed by atoms with van der Waals surface area (Å²) in [6, 6.07) is 53.1. The zero-order chi connectivity index (χ0) is 40.4. The second kappa shape index (κ2) is 21.1. The van der Waals surface area contributed by atoms with E-state index in [1.54, 1.807) is 6.20 Å². The van der Waals surface area contributed by atoms with Crippen LogP contribution in [0.3, 0.4) is 0 Å². The quantitative estimate of drug-likeness (QED) is 0.0427. The van der Waals surface area contributed by atoms with Gasteiger partial charge in [0.15, 0.2) is 0 Å². The number of nitrogens with one attached hydrogen (secondary N) is 3. The van der Waals surface area contributed by atoms with E-state index in [1.165, 1.54) is 16.7 Å². The number of anilines is 1. The van der Waals surface area contributed by atoms with Gasteiger partial charge in [-0.2, -0.15) is 0 Å². The summed E-state index contributed by atoms with van der Waals surface area (Å²) in [5, 5.41) is 19.2. The third kappa shape index (κ3) is 11.3. The number of nitrogens with zero attached hydrogens (tertiary/aromatic N) is 1. The van der Waals surface area contributed by atoms with Crippen molar-refractivity contribution in [2.24, 2.45) is 0 Å². The van der Waals surface area contributed by atoms with E-state index in [4.69, 9.17) is 0 Å². The van der Waals surface area contributed by atoms with Gasteiger partial charge in [-0.1, -0.05) is 165 Å². The number of aromatic nitrogens is 1. The highest BCUT2D eigenvalue weighted by Crippen LogP contribution is 2.43. The molecule has 0 aliphatic heterocycles. The Morgan fingerprint density at radius 2 is 1.14 bits per heavy atom. The van der Waals surface area contributed by atoms with Crippen molar-refractivity contribution in [3.63, 3.8) is 0 Å². The minimum Gasteiger partial charge on any atom is -0.481 e. The number of hydrogen-bond donors (Lipinski definition) is 4. The number of aliphatic carboxylic acids is 1. The number of carboxylic acid groups (broad SMARTS) is 1. The van der Waals surface area contributed by atoms with Gasteiger partial charge in [0.1, 0.15) is 11.9 Å². The molecule has 1 heterocycles. The van der Waals surface area contributed by atoms with Gasteiger partial charge >= 0.3 is 5.97 Å². The van der Waals surface area contributed by atoms with Crippen LogP contribution in [0.2, 0.25) is 0 Å². The van der Waals surface area contributed by atoms with Crippen LogP contribution in [0.25, 0.3) is 11.1 Å². The minimum atomic E-state index is -1.03. The third-order valence-corrected chi connectivity index (χ3v) is 10.7. The molecule has 0 bridgehead atoms. The SMILES string of the molecule is O=C(O)CC(NC(=O)[C@H](CCCCC(c1ccccc1)(c1ccccc1)c1ccccc1)NC(=O)CCCCNc1ccccn1)c1ccc(-c2ccccc2)cc1. The molecule has 58 heavy (non-hydrogen) atoms. The lowest BCUT2D eigenvalue weighted by Crippen LogP contribution is -2.48. The molecule has 6 rings (SSSR count). The van der Waals surface area contributed by atoms with Crippen molar-refractivity contribution in [3.8, 4) is 11.1 Å².